The minimum absolute atomic E-state index is 0.126. The Bertz CT molecular complexity index is 713. The number of hydrogen-bond donors (Lipinski definition) is 1. The van der Waals surface area contributed by atoms with E-state index in [-0.39, 0.29) is 24.3 Å². The molecule has 1 aromatic carbocycles. The third-order valence-corrected chi connectivity index (χ3v) is 4.73. The molecule has 6 nitrogen and oxygen atoms in total. The molecule has 1 N–H and O–H groups in total. The molecule has 0 bridgehead atoms. The molecule has 27 heavy (non-hydrogen) atoms. The normalized spacial score (nSPS) is 24.4. The van der Waals surface area contributed by atoms with Gasteiger partial charge in [-0.2, -0.15) is 0 Å². The van der Waals surface area contributed by atoms with Gasteiger partial charge in [-0.05, 0) is 37.3 Å². The van der Waals surface area contributed by atoms with Gasteiger partial charge in [-0.1, -0.05) is 30.4 Å². The predicted molar refractivity (Wildman–Crippen MR) is 101 cm³/mol. The number of amides is 1. The second-order valence-electron chi connectivity index (χ2n) is 6.32. The molecule has 1 aliphatic carbocycles. The van der Waals surface area contributed by atoms with Crippen LogP contribution in [0, 0.1) is 17.8 Å². The van der Waals surface area contributed by atoms with Gasteiger partial charge in [-0.25, -0.2) is 4.79 Å². The highest BCUT2D eigenvalue weighted by Gasteiger charge is 2.46. The van der Waals surface area contributed by atoms with Gasteiger partial charge in [0.2, 0.25) is 0 Å². The second kappa shape index (κ2) is 9.71. The number of ether oxygens (including phenoxy) is 2. The summed E-state index contributed by atoms with van der Waals surface area (Å²) in [4.78, 5) is 36.7. The van der Waals surface area contributed by atoms with Gasteiger partial charge in [-0.15, -0.1) is 6.58 Å². The van der Waals surface area contributed by atoms with Crippen LogP contribution in [-0.2, 0) is 19.1 Å². The van der Waals surface area contributed by atoms with E-state index >= 15 is 0 Å². The van der Waals surface area contributed by atoms with Gasteiger partial charge in [0.25, 0.3) is 5.91 Å². The van der Waals surface area contributed by atoms with Crippen LogP contribution in [0.3, 0.4) is 0 Å². The topological polar surface area (TPSA) is 81.7 Å². The summed E-state index contributed by atoms with van der Waals surface area (Å²) >= 11 is 0. The van der Waals surface area contributed by atoms with Crippen LogP contribution in [-0.4, -0.2) is 37.6 Å². The number of nitrogens with one attached hydrogen (secondary N) is 1. The van der Waals surface area contributed by atoms with Gasteiger partial charge in [0, 0.05) is 17.7 Å². The molecule has 1 amide bonds. The van der Waals surface area contributed by atoms with Crippen LogP contribution >= 0.6 is 0 Å². The Morgan fingerprint density at radius 2 is 1.93 bits per heavy atom. The van der Waals surface area contributed by atoms with Crippen molar-refractivity contribution in [2.75, 3.05) is 13.7 Å². The summed E-state index contributed by atoms with van der Waals surface area (Å²) in [6.45, 7) is 5.81. The van der Waals surface area contributed by atoms with Crippen molar-refractivity contribution in [3.8, 4) is 0 Å². The van der Waals surface area contributed by atoms with Crippen LogP contribution in [0.2, 0.25) is 0 Å². The summed E-state index contributed by atoms with van der Waals surface area (Å²) in [7, 11) is 1.29. The summed E-state index contributed by atoms with van der Waals surface area (Å²) in [5, 5.41) is 2.96. The highest BCUT2D eigenvalue weighted by atomic mass is 16.5. The zero-order valence-corrected chi connectivity index (χ0v) is 15.6. The average Bonchev–Trinajstić information content (AvgIpc) is 3.04. The predicted octanol–water partition coefficient (Wildman–Crippen LogP) is 2.52. The minimum atomic E-state index is -0.610. The Labute approximate surface area is 159 Å². The van der Waals surface area contributed by atoms with Gasteiger partial charge in [0.15, 0.2) is 0 Å². The van der Waals surface area contributed by atoms with Gasteiger partial charge in [-0.3, -0.25) is 9.59 Å². The Morgan fingerprint density at radius 1 is 1.22 bits per heavy atom. The quantitative estimate of drug-likeness (QED) is 0.452. The SMILES string of the molecule is C=C[C@@H]1C[C@H](/C=C/C(=O)OC)[C@H](C(=O)OCC)[C@H]1NC(=O)c1ccccc1. The first-order valence-electron chi connectivity index (χ1n) is 8.93. The van der Waals surface area contributed by atoms with Crippen molar-refractivity contribution in [1.29, 1.82) is 0 Å². The Balaban J connectivity index is 2.28. The molecule has 0 saturated heterocycles. The van der Waals surface area contributed by atoms with E-state index in [2.05, 4.69) is 16.6 Å². The summed E-state index contributed by atoms with van der Waals surface area (Å²) in [5.41, 5.74) is 0.511. The lowest BCUT2D eigenvalue weighted by atomic mass is 9.92. The van der Waals surface area contributed by atoms with Crippen molar-refractivity contribution in [1.82, 2.24) is 5.32 Å². The number of esters is 2. The molecule has 4 atom stereocenters. The van der Waals surface area contributed by atoms with E-state index in [0.717, 1.165) is 0 Å². The summed E-state index contributed by atoms with van der Waals surface area (Å²) in [6, 6.07) is 8.33. The fourth-order valence-electron chi connectivity index (χ4n) is 3.43. The third kappa shape index (κ3) is 5.06. The van der Waals surface area contributed by atoms with Crippen molar-refractivity contribution < 1.29 is 23.9 Å². The maximum absolute atomic E-state index is 12.6. The second-order valence-corrected chi connectivity index (χ2v) is 6.32. The maximum Gasteiger partial charge on any atom is 0.330 e. The molecule has 0 radical (unpaired) electrons. The van der Waals surface area contributed by atoms with Crippen molar-refractivity contribution in [2.45, 2.75) is 19.4 Å². The van der Waals surface area contributed by atoms with Crippen LogP contribution in [0.25, 0.3) is 0 Å². The minimum Gasteiger partial charge on any atom is -0.466 e. The molecular weight excluding hydrogens is 346 g/mol. The van der Waals surface area contributed by atoms with Crippen molar-refractivity contribution in [2.24, 2.45) is 17.8 Å². The number of carbonyl (C=O) groups is 3. The van der Waals surface area contributed by atoms with E-state index in [1.807, 2.05) is 6.07 Å². The molecule has 1 aliphatic rings. The molecule has 1 aromatic rings. The summed E-state index contributed by atoms with van der Waals surface area (Å²) in [6.07, 6.45) is 5.26. The molecule has 144 valence electrons. The standard InChI is InChI=1S/C21H25NO5/c1-4-14-13-16(11-12-17(23)26-3)18(21(25)27-5-2)19(14)22-20(24)15-9-7-6-8-10-15/h4,6-12,14,16,18-19H,1,5,13H2,2-3H3,(H,22,24)/b12-11+/t14-,16+,18+,19+/m1/s1. The zero-order chi connectivity index (χ0) is 19.8. The molecule has 6 heteroatoms. The molecule has 2 rings (SSSR count). The van der Waals surface area contributed by atoms with Crippen LogP contribution < -0.4 is 5.32 Å². The number of allylic oxidation sites excluding steroid dienone is 1. The van der Waals surface area contributed by atoms with E-state index in [1.165, 1.54) is 13.2 Å². The zero-order valence-electron chi connectivity index (χ0n) is 15.6. The number of benzene rings is 1. The first-order chi connectivity index (χ1) is 13.0. The largest absolute Gasteiger partial charge is 0.466 e. The molecule has 0 aliphatic heterocycles. The lowest BCUT2D eigenvalue weighted by Gasteiger charge is -2.24. The fraction of sp³-hybridized carbons (Fsp3) is 0.381. The number of hydrogen-bond acceptors (Lipinski definition) is 5. The summed E-state index contributed by atoms with van der Waals surface area (Å²) in [5.74, 6) is -2.17. The van der Waals surface area contributed by atoms with Crippen LogP contribution in [0.1, 0.15) is 23.7 Å². The highest BCUT2D eigenvalue weighted by Crippen LogP contribution is 2.39. The number of carbonyl (C=O) groups excluding carboxylic acids is 3. The molecule has 0 heterocycles. The van der Waals surface area contributed by atoms with Crippen molar-refractivity contribution in [3.63, 3.8) is 0 Å². The van der Waals surface area contributed by atoms with E-state index in [0.29, 0.717) is 12.0 Å². The maximum atomic E-state index is 12.6. The van der Waals surface area contributed by atoms with E-state index in [4.69, 9.17) is 4.74 Å². The molecule has 0 aromatic heterocycles. The Hall–Kier alpha value is -2.89. The van der Waals surface area contributed by atoms with E-state index in [9.17, 15) is 14.4 Å². The molecule has 0 spiro atoms. The first kappa shape index (κ1) is 20.4. The Kier molecular flexibility index (Phi) is 7.34. The lowest BCUT2D eigenvalue weighted by Crippen LogP contribution is -2.45. The third-order valence-electron chi connectivity index (χ3n) is 4.73. The monoisotopic (exact) mass is 371 g/mol. The average molecular weight is 371 g/mol. The lowest BCUT2D eigenvalue weighted by molar-refractivity contribution is -0.149. The fourth-order valence-corrected chi connectivity index (χ4v) is 3.43. The van der Waals surface area contributed by atoms with E-state index in [1.54, 1.807) is 43.3 Å². The first-order valence-corrected chi connectivity index (χ1v) is 8.93. The van der Waals surface area contributed by atoms with Crippen LogP contribution in [0.5, 0.6) is 0 Å². The van der Waals surface area contributed by atoms with Gasteiger partial charge in [0.1, 0.15) is 0 Å². The molecule has 1 saturated carbocycles. The van der Waals surface area contributed by atoms with Crippen LogP contribution in [0.15, 0.2) is 55.1 Å². The van der Waals surface area contributed by atoms with Gasteiger partial charge < -0.3 is 14.8 Å². The number of rotatable bonds is 7. The van der Waals surface area contributed by atoms with Crippen molar-refractivity contribution in [3.05, 3.63) is 60.7 Å². The van der Waals surface area contributed by atoms with Gasteiger partial charge in [0.05, 0.1) is 19.6 Å². The van der Waals surface area contributed by atoms with Crippen LogP contribution in [0.4, 0.5) is 0 Å². The molecular formula is C21H25NO5. The Morgan fingerprint density at radius 3 is 2.52 bits per heavy atom. The molecule has 0 unspecified atom stereocenters. The smallest absolute Gasteiger partial charge is 0.330 e. The van der Waals surface area contributed by atoms with Gasteiger partial charge >= 0.3 is 11.9 Å². The summed E-state index contributed by atoms with van der Waals surface area (Å²) < 4.78 is 9.85. The molecule has 1 fully saturated rings. The highest BCUT2D eigenvalue weighted by molar-refractivity contribution is 5.94. The van der Waals surface area contributed by atoms with Crippen molar-refractivity contribution >= 4 is 17.8 Å². The number of methoxy groups -OCH3 is 1. The van der Waals surface area contributed by atoms with E-state index < -0.39 is 23.9 Å².